The second kappa shape index (κ2) is 3.77. The first kappa shape index (κ1) is 11.3. The summed E-state index contributed by atoms with van der Waals surface area (Å²) >= 11 is 1.06. The first-order valence-electron chi connectivity index (χ1n) is 4.05. The fourth-order valence-electron chi connectivity index (χ4n) is 1.17. The normalized spacial score (nSPS) is 10.0. The van der Waals surface area contributed by atoms with Gasteiger partial charge in [-0.2, -0.15) is 0 Å². The van der Waals surface area contributed by atoms with E-state index < -0.39 is 11.8 Å². The zero-order valence-corrected chi connectivity index (χ0v) is 9.22. The van der Waals surface area contributed by atoms with Crippen molar-refractivity contribution in [3.8, 4) is 0 Å². The van der Waals surface area contributed by atoms with Crippen LogP contribution in [0.15, 0.2) is 0 Å². The van der Waals surface area contributed by atoms with Crippen LogP contribution in [0.3, 0.4) is 0 Å². The Balaban J connectivity index is 3.46. The smallest absolute Gasteiger partial charge is 0.260 e. The lowest BCUT2D eigenvalue weighted by Crippen LogP contribution is -2.18. The second-order valence-corrected chi connectivity index (χ2v) is 4.15. The highest BCUT2D eigenvalue weighted by Crippen LogP contribution is 2.36. The van der Waals surface area contributed by atoms with Gasteiger partial charge in [-0.25, -0.2) is 0 Å². The van der Waals surface area contributed by atoms with E-state index in [-0.39, 0.29) is 16.1 Å². The number of amides is 2. The molecule has 82 valence electrons. The monoisotopic (exact) mass is 228 g/mol. The highest BCUT2D eigenvalue weighted by Gasteiger charge is 2.23. The van der Waals surface area contributed by atoms with Crippen LogP contribution in [-0.2, 0) is 0 Å². The van der Waals surface area contributed by atoms with Gasteiger partial charge in [0, 0.05) is 14.1 Å². The molecule has 0 saturated carbocycles. The minimum Gasteiger partial charge on any atom is -0.397 e. The number of rotatable bonds is 3. The molecule has 0 atom stereocenters. The molecule has 7 heteroatoms. The van der Waals surface area contributed by atoms with Crippen LogP contribution in [0.25, 0.3) is 0 Å². The van der Waals surface area contributed by atoms with E-state index in [1.54, 1.807) is 19.0 Å². The number of hydrogen-bond acceptors (Lipinski definition) is 5. The number of anilines is 2. The molecule has 0 aliphatic heterocycles. The minimum absolute atomic E-state index is 0.0590. The third-order valence-corrected chi connectivity index (χ3v) is 3.19. The number of nitrogens with two attached hydrogens (primary N) is 3. The molecule has 1 rings (SSSR count). The maximum Gasteiger partial charge on any atom is 0.260 e. The van der Waals surface area contributed by atoms with Gasteiger partial charge in [-0.15, -0.1) is 11.3 Å². The highest BCUT2D eigenvalue weighted by molar-refractivity contribution is 7.19. The number of nitrogens with zero attached hydrogens (tertiary/aromatic N) is 1. The molecule has 0 radical (unpaired) electrons. The van der Waals surface area contributed by atoms with Crippen LogP contribution in [0.5, 0.6) is 0 Å². The second-order valence-electron chi connectivity index (χ2n) is 3.15. The van der Waals surface area contributed by atoms with Crippen molar-refractivity contribution >= 4 is 33.8 Å². The van der Waals surface area contributed by atoms with Crippen molar-refractivity contribution in [2.24, 2.45) is 11.5 Å². The van der Waals surface area contributed by atoms with Gasteiger partial charge in [-0.1, -0.05) is 0 Å². The molecular formula is C8H12N4O2S. The third-order valence-electron chi connectivity index (χ3n) is 1.80. The summed E-state index contributed by atoms with van der Waals surface area (Å²) in [6.07, 6.45) is 0. The molecule has 1 heterocycles. The lowest BCUT2D eigenvalue weighted by Gasteiger charge is -2.10. The molecule has 0 aliphatic rings. The van der Waals surface area contributed by atoms with E-state index in [1.807, 2.05) is 0 Å². The zero-order chi connectivity index (χ0) is 11.7. The van der Waals surface area contributed by atoms with E-state index in [2.05, 4.69) is 0 Å². The number of hydrogen-bond donors (Lipinski definition) is 3. The predicted molar refractivity (Wildman–Crippen MR) is 60.1 cm³/mol. The molecule has 0 unspecified atom stereocenters. The van der Waals surface area contributed by atoms with Gasteiger partial charge in [0.25, 0.3) is 11.8 Å². The van der Waals surface area contributed by atoms with Gasteiger partial charge in [0.2, 0.25) is 0 Å². The van der Waals surface area contributed by atoms with Crippen molar-refractivity contribution in [1.82, 2.24) is 0 Å². The Kier molecular flexibility index (Phi) is 2.85. The molecule has 6 nitrogen and oxygen atoms in total. The van der Waals surface area contributed by atoms with Gasteiger partial charge in [0.05, 0.1) is 11.3 Å². The van der Waals surface area contributed by atoms with Crippen LogP contribution in [0, 0.1) is 0 Å². The van der Waals surface area contributed by atoms with Crippen molar-refractivity contribution in [2.75, 3.05) is 24.7 Å². The zero-order valence-electron chi connectivity index (χ0n) is 8.40. The summed E-state index contributed by atoms with van der Waals surface area (Å²) in [5.41, 5.74) is 16.1. The van der Waals surface area contributed by atoms with Gasteiger partial charge in [-0.3, -0.25) is 9.59 Å². The Morgan fingerprint density at radius 3 is 2.00 bits per heavy atom. The Morgan fingerprint density at radius 1 is 1.20 bits per heavy atom. The van der Waals surface area contributed by atoms with Crippen LogP contribution in [0.4, 0.5) is 10.7 Å². The largest absolute Gasteiger partial charge is 0.397 e. The Hall–Kier alpha value is -1.76. The molecule has 0 spiro atoms. The molecule has 0 saturated heterocycles. The molecule has 6 N–H and O–H groups in total. The summed E-state index contributed by atoms with van der Waals surface area (Å²) in [6.45, 7) is 0. The van der Waals surface area contributed by atoms with Crippen LogP contribution in [0.2, 0.25) is 0 Å². The average Bonchev–Trinajstić information content (AvgIpc) is 2.42. The molecule has 0 bridgehead atoms. The third kappa shape index (κ3) is 1.86. The van der Waals surface area contributed by atoms with E-state index in [0.29, 0.717) is 5.00 Å². The van der Waals surface area contributed by atoms with Crippen molar-refractivity contribution < 1.29 is 9.59 Å². The summed E-state index contributed by atoms with van der Waals surface area (Å²) in [7, 11) is 3.45. The SMILES string of the molecule is CN(C)c1sc(C(N)=O)c(N)c1C(N)=O. The fourth-order valence-corrected chi connectivity index (χ4v) is 2.17. The molecule has 1 aromatic rings. The number of carbonyl (C=O) groups is 2. The van der Waals surface area contributed by atoms with Gasteiger partial charge in [-0.05, 0) is 0 Å². The van der Waals surface area contributed by atoms with Crippen LogP contribution < -0.4 is 22.1 Å². The lowest BCUT2D eigenvalue weighted by atomic mass is 10.2. The average molecular weight is 228 g/mol. The number of thiophene rings is 1. The predicted octanol–water partition coefficient (Wildman–Crippen LogP) is -0.406. The summed E-state index contributed by atoms with van der Waals surface area (Å²) < 4.78 is 0. The van der Waals surface area contributed by atoms with Crippen LogP contribution in [0.1, 0.15) is 20.0 Å². The molecule has 2 amide bonds. The number of carbonyl (C=O) groups excluding carboxylic acids is 2. The van der Waals surface area contributed by atoms with Gasteiger partial charge < -0.3 is 22.1 Å². The topological polar surface area (TPSA) is 115 Å². The molecule has 0 aromatic carbocycles. The van der Waals surface area contributed by atoms with Crippen molar-refractivity contribution in [3.05, 3.63) is 10.4 Å². The first-order valence-corrected chi connectivity index (χ1v) is 4.87. The Labute approximate surface area is 90.6 Å². The number of nitrogen functional groups attached to an aromatic ring is 1. The molecule has 15 heavy (non-hydrogen) atoms. The van der Waals surface area contributed by atoms with Gasteiger partial charge >= 0.3 is 0 Å². The summed E-state index contributed by atoms with van der Waals surface area (Å²) in [6, 6.07) is 0. The maximum absolute atomic E-state index is 11.2. The summed E-state index contributed by atoms with van der Waals surface area (Å²) in [5, 5.41) is 0.536. The van der Waals surface area contributed by atoms with Gasteiger partial charge in [0.1, 0.15) is 9.88 Å². The van der Waals surface area contributed by atoms with Crippen molar-refractivity contribution in [1.29, 1.82) is 0 Å². The Bertz CT molecular complexity index is 425. The fraction of sp³-hybridized carbons (Fsp3) is 0.250. The van der Waals surface area contributed by atoms with Crippen molar-refractivity contribution in [3.63, 3.8) is 0 Å². The Morgan fingerprint density at radius 2 is 1.73 bits per heavy atom. The standard InChI is InChI=1S/C8H12N4O2S/c1-12(2)8-3(6(10)13)4(9)5(15-8)7(11)14/h9H2,1-2H3,(H2,10,13)(H2,11,14). The highest BCUT2D eigenvalue weighted by atomic mass is 32.1. The molecule has 0 fully saturated rings. The van der Waals surface area contributed by atoms with E-state index in [4.69, 9.17) is 17.2 Å². The minimum atomic E-state index is -0.667. The quantitative estimate of drug-likeness (QED) is 0.652. The van der Waals surface area contributed by atoms with E-state index in [9.17, 15) is 9.59 Å². The summed E-state index contributed by atoms with van der Waals surface area (Å²) in [4.78, 5) is 24.0. The number of primary amides is 2. The molecular weight excluding hydrogens is 216 g/mol. The van der Waals surface area contributed by atoms with E-state index in [0.717, 1.165) is 11.3 Å². The van der Waals surface area contributed by atoms with Crippen LogP contribution >= 0.6 is 11.3 Å². The first-order chi connectivity index (χ1) is 6.86. The van der Waals surface area contributed by atoms with Crippen LogP contribution in [-0.4, -0.2) is 25.9 Å². The van der Waals surface area contributed by atoms with E-state index in [1.165, 1.54) is 0 Å². The lowest BCUT2D eigenvalue weighted by molar-refractivity contribution is 0.0999. The van der Waals surface area contributed by atoms with Crippen molar-refractivity contribution in [2.45, 2.75) is 0 Å². The summed E-state index contributed by atoms with van der Waals surface area (Å²) in [5.74, 6) is -1.33. The maximum atomic E-state index is 11.2. The van der Waals surface area contributed by atoms with E-state index >= 15 is 0 Å². The van der Waals surface area contributed by atoms with Gasteiger partial charge in [0.15, 0.2) is 0 Å². The molecule has 0 aliphatic carbocycles. The molecule has 1 aromatic heterocycles.